The number of para-hydroxylation sites is 1. The minimum absolute atomic E-state index is 0.124. The molecular formula is C33H45ClN2O6. The SMILES string of the molecule is C=CCCCCOC(=O)[C@@H]1[C@H]2C(=O)N([C@@H](CO)CC(C)C)C(C(=O)N(CC=C)c3ccccc3Cl)C23CC(C)[C@@]1(C)O3. The van der Waals surface area contributed by atoms with Crippen LogP contribution in [0.1, 0.15) is 59.8 Å². The van der Waals surface area contributed by atoms with Crippen LogP contribution in [0.2, 0.25) is 5.02 Å². The van der Waals surface area contributed by atoms with Gasteiger partial charge in [0.1, 0.15) is 17.6 Å². The van der Waals surface area contributed by atoms with Crippen molar-refractivity contribution in [2.45, 2.75) is 83.1 Å². The first-order valence-corrected chi connectivity index (χ1v) is 15.4. The Hall–Kier alpha value is -2.68. The highest BCUT2D eigenvalue weighted by Gasteiger charge is 2.80. The number of allylic oxidation sites excluding steroid dienone is 1. The number of rotatable bonds is 14. The number of esters is 1. The molecule has 3 aliphatic heterocycles. The Labute approximate surface area is 254 Å². The van der Waals surface area contributed by atoms with Crippen LogP contribution in [0, 0.1) is 23.7 Å². The number of hydrogen-bond acceptors (Lipinski definition) is 6. The van der Waals surface area contributed by atoms with E-state index in [4.69, 9.17) is 21.1 Å². The van der Waals surface area contributed by atoms with E-state index in [0.29, 0.717) is 30.0 Å². The molecule has 2 bridgehead atoms. The second-order valence-electron chi connectivity index (χ2n) is 12.6. The summed E-state index contributed by atoms with van der Waals surface area (Å²) in [4.78, 5) is 46.1. The Kier molecular flexibility index (Phi) is 9.90. The summed E-state index contributed by atoms with van der Waals surface area (Å²) in [6, 6.07) is 5.32. The molecular weight excluding hydrogens is 556 g/mol. The van der Waals surface area contributed by atoms with Gasteiger partial charge in [-0.05, 0) is 63.0 Å². The maximum Gasteiger partial charge on any atom is 0.312 e. The largest absolute Gasteiger partial charge is 0.465 e. The lowest BCUT2D eigenvalue weighted by Crippen LogP contribution is -2.59. The summed E-state index contributed by atoms with van der Waals surface area (Å²) >= 11 is 6.56. The molecule has 1 spiro atoms. The maximum atomic E-state index is 14.8. The Bertz CT molecular complexity index is 1200. The van der Waals surface area contributed by atoms with Crippen molar-refractivity contribution in [3.8, 4) is 0 Å². The van der Waals surface area contributed by atoms with Crippen molar-refractivity contribution in [2.24, 2.45) is 23.7 Å². The van der Waals surface area contributed by atoms with Crippen LogP contribution in [0.3, 0.4) is 0 Å². The first-order chi connectivity index (χ1) is 20.0. The highest BCUT2D eigenvalue weighted by molar-refractivity contribution is 6.34. The lowest BCUT2D eigenvalue weighted by Gasteiger charge is -2.40. The summed E-state index contributed by atoms with van der Waals surface area (Å²) in [5, 5.41) is 10.9. The maximum absolute atomic E-state index is 14.8. The fourth-order valence-electron chi connectivity index (χ4n) is 7.44. The summed E-state index contributed by atoms with van der Waals surface area (Å²) in [6.45, 7) is 15.5. The van der Waals surface area contributed by atoms with Crippen LogP contribution < -0.4 is 4.90 Å². The predicted octanol–water partition coefficient (Wildman–Crippen LogP) is 5.18. The molecule has 0 aliphatic carbocycles. The third-order valence-electron chi connectivity index (χ3n) is 9.36. The number of hydrogen-bond donors (Lipinski definition) is 1. The summed E-state index contributed by atoms with van der Waals surface area (Å²) in [7, 11) is 0. The summed E-state index contributed by atoms with van der Waals surface area (Å²) in [5.41, 5.74) is -1.76. The Morgan fingerprint density at radius 2 is 1.98 bits per heavy atom. The number of nitrogens with zero attached hydrogens (tertiary/aromatic N) is 2. The molecule has 230 valence electrons. The van der Waals surface area contributed by atoms with E-state index < -0.39 is 41.1 Å². The number of fused-ring (bicyclic) bond motifs is 1. The molecule has 2 amide bonds. The van der Waals surface area contributed by atoms with Crippen molar-refractivity contribution in [3.63, 3.8) is 0 Å². The van der Waals surface area contributed by atoms with Crippen LogP contribution >= 0.6 is 11.6 Å². The number of likely N-dealkylation sites (tertiary alicyclic amines) is 1. The van der Waals surface area contributed by atoms with E-state index in [2.05, 4.69) is 13.2 Å². The fourth-order valence-corrected chi connectivity index (χ4v) is 7.67. The normalized spacial score (nSPS) is 30.4. The molecule has 3 saturated heterocycles. The van der Waals surface area contributed by atoms with Crippen LogP contribution in [0.5, 0.6) is 0 Å². The molecule has 0 saturated carbocycles. The number of ether oxygens (including phenoxy) is 2. The molecule has 0 radical (unpaired) electrons. The third kappa shape index (κ3) is 5.42. The first kappa shape index (κ1) is 32.2. The quantitative estimate of drug-likeness (QED) is 0.180. The number of aliphatic hydroxyl groups excluding tert-OH is 1. The Morgan fingerprint density at radius 1 is 1.26 bits per heavy atom. The minimum atomic E-state index is -1.26. The molecule has 42 heavy (non-hydrogen) atoms. The van der Waals surface area contributed by atoms with Crippen molar-refractivity contribution >= 4 is 35.1 Å². The van der Waals surface area contributed by atoms with Crippen LogP contribution in [-0.4, -0.2) is 70.8 Å². The van der Waals surface area contributed by atoms with Gasteiger partial charge in [0.05, 0.1) is 41.5 Å². The van der Waals surface area contributed by atoms with Gasteiger partial charge in [-0.1, -0.05) is 56.7 Å². The van der Waals surface area contributed by atoms with Gasteiger partial charge in [0.2, 0.25) is 5.91 Å². The van der Waals surface area contributed by atoms with Crippen molar-refractivity contribution < 1.29 is 29.0 Å². The molecule has 3 unspecified atom stereocenters. The Balaban J connectivity index is 1.80. The summed E-state index contributed by atoms with van der Waals surface area (Å²) < 4.78 is 12.6. The number of anilines is 1. The van der Waals surface area contributed by atoms with E-state index in [1.807, 2.05) is 33.8 Å². The molecule has 4 rings (SSSR count). The van der Waals surface area contributed by atoms with Gasteiger partial charge >= 0.3 is 5.97 Å². The molecule has 8 nitrogen and oxygen atoms in total. The lowest BCUT2D eigenvalue weighted by atomic mass is 9.62. The van der Waals surface area contributed by atoms with Crippen LogP contribution in [0.15, 0.2) is 49.6 Å². The first-order valence-electron chi connectivity index (χ1n) is 15.1. The van der Waals surface area contributed by atoms with E-state index in [1.54, 1.807) is 30.3 Å². The van der Waals surface area contributed by atoms with Crippen LogP contribution in [-0.2, 0) is 23.9 Å². The van der Waals surface area contributed by atoms with Crippen molar-refractivity contribution in [1.82, 2.24) is 4.90 Å². The van der Waals surface area contributed by atoms with Gasteiger partial charge < -0.3 is 24.4 Å². The molecule has 7 atom stereocenters. The smallest absolute Gasteiger partial charge is 0.312 e. The molecule has 0 aromatic heterocycles. The fraction of sp³-hybridized carbons (Fsp3) is 0.606. The topological polar surface area (TPSA) is 96.4 Å². The molecule has 1 N–H and O–H groups in total. The number of unbranched alkanes of at least 4 members (excludes halogenated alkanes) is 2. The van der Waals surface area contributed by atoms with Crippen LogP contribution in [0.4, 0.5) is 5.69 Å². The predicted molar refractivity (Wildman–Crippen MR) is 163 cm³/mol. The van der Waals surface area contributed by atoms with Gasteiger partial charge in [-0.3, -0.25) is 14.4 Å². The van der Waals surface area contributed by atoms with E-state index in [-0.39, 0.29) is 43.4 Å². The van der Waals surface area contributed by atoms with E-state index in [0.717, 1.165) is 12.8 Å². The van der Waals surface area contributed by atoms with Crippen LogP contribution in [0.25, 0.3) is 0 Å². The summed E-state index contributed by atoms with van der Waals surface area (Å²) in [6.07, 6.45) is 6.69. The van der Waals surface area contributed by atoms with Gasteiger partial charge in [0.15, 0.2) is 0 Å². The number of carbonyl (C=O) groups excluding carboxylic acids is 3. The number of amides is 2. The molecule has 3 heterocycles. The van der Waals surface area contributed by atoms with Crippen molar-refractivity contribution in [2.75, 3.05) is 24.7 Å². The van der Waals surface area contributed by atoms with E-state index in [1.165, 1.54) is 9.80 Å². The molecule has 9 heteroatoms. The molecule has 3 fully saturated rings. The Morgan fingerprint density at radius 3 is 2.60 bits per heavy atom. The average Bonchev–Trinajstić information content (AvgIpc) is 3.46. The van der Waals surface area contributed by atoms with Gasteiger partial charge in [0, 0.05) is 6.54 Å². The second-order valence-corrected chi connectivity index (χ2v) is 13.0. The average molecular weight is 601 g/mol. The zero-order valence-electron chi connectivity index (χ0n) is 25.3. The van der Waals surface area contributed by atoms with Gasteiger partial charge in [0.25, 0.3) is 5.91 Å². The monoisotopic (exact) mass is 600 g/mol. The van der Waals surface area contributed by atoms with E-state index >= 15 is 0 Å². The third-order valence-corrected chi connectivity index (χ3v) is 9.68. The molecule has 1 aromatic carbocycles. The number of carbonyl (C=O) groups is 3. The highest BCUT2D eigenvalue weighted by atomic mass is 35.5. The standard InChI is InChI=1S/C33H45ClN2O6/c1-7-9-10-13-17-41-31(40)27-26-29(38)36(23(20-37)18-21(3)4)28(33(26)19-22(5)32(27,6)42-33)30(39)35(16-8-2)25-15-12-11-14-24(25)34/h7-8,11-12,14-15,21-23,26-28,37H,1-2,9-10,13,16-20H2,3-6H3/t22?,23-,26+,27+,28?,32-,33?/m1/s1. The zero-order valence-corrected chi connectivity index (χ0v) is 26.0. The lowest BCUT2D eigenvalue weighted by molar-refractivity contribution is -0.162. The zero-order chi connectivity index (χ0) is 30.8. The molecule has 3 aliphatic rings. The van der Waals surface area contributed by atoms with E-state index in [9.17, 15) is 19.5 Å². The van der Waals surface area contributed by atoms with Crippen molar-refractivity contribution in [3.05, 3.63) is 54.6 Å². The van der Waals surface area contributed by atoms with Gasteiger partial charge in [-0.2, -0.15) is 0 Å². The van der Waals surface area contributed by atoms with Gasteiger partial charge in [-0.15, -0.1) is 13.2 Å². The van der Waals surface area contributed by atoms with Crippen molar-refractivity contribution in [1.29, 1.82) is 0 Å². The minimum Gasteiger partial charge on any atom is -0.465 e. The van der Waals surface area contributed by atoms with Gasteiger partial charge in [-0.25, -0.2) is 0 Å². The number of halogens is 1. The highest BCUT2D eigenvalue weighted by Crippen LogP contribution is 2.66. The second kappa shape index (κ2) is 12.9. The number of benzene rings is 1. The number of aliphatic hydroxyl groups is 1. The summed E-state index contributed by atoms with van der Waals surface area (Å²) in [5.74, 6) is -2.98. The molecule has 1 aromatic rings.